The number of rotatable bonds is 4. The minimum absolute atomic E-state index is 0.474. The van der Waals surface area contributed by atoms with Gasteiger partial charge in [-0.25, -0.2) is 0 Å². The van der Waals surface area contributed by atoms with E-state index in [0.29, 0.717) is 6.04 Å². The van der Waals surface area contributed by atoms with Crippen LogP contribution < -0.4 is 0 Å². The van der Waals surface area contributed by atoms with Gasteiger partial charge in [-0.1, -0.05) is 6.92 Å². The molecule has 2 nitrogen and oxygen atoms in total. The van der Waals surface area contributed by atoms with E-state index in [1.165, 1.54) is 6.34 Å². The molecule has 0 unspecified atom stereocenters. The van der Waals surface area contributed by atoms with Crippen LogP contribution in [0.25, 0.3) is 0 Å². The van der Waals surface area contributed by atoms with Crippen molar-refractivity contribution in [2.45, 2.75) is 33.2 Å². The van der Waals surface area contributed by atoms with E-state index in [2.05, 4.69) is 20.8 Å². The highest BCUT2D eigenvalue weighted by Gasteiger charge is 2.00. The summed E-state index contributed by atoms with van der Waals surface area (Å²) in [6.45, 7) is 7.32. The van der Waals surface area contributed by atoms with Crippen LogP contribution in [0.15, 0.2) is 0 Å². The first-order valence-electron chi connectivity index (χ1n) is 3.48. The third kappa shape index (κ3) is 3.12. The van der Waals surface area contributed by atoms with Crippen LogP contribution in [0, 0.1) is 5.41 Å². The van der Waals surface area contributed by atoms with Crippen molar-refractivity contribution >= 4 is 6.34 Å². The molecule has 0 saturated carbocycles. The van der Waals surface area contributed by atoms with Crippen molar-refractivity contribution < 1.29 is 0 Å². The first kappa shape index (κ1) is 8.47. The summed E-state index contributed by atoms with van der Waals surface area (Å²) in [6, 6.07) is 0.474. The largest absolute Gasteiger partial charge is 0.361 e. The second kappa shape index (κ2) is 4.36. The smallest absolute Gasteiger partial charge is 0.0819 e. The first-order valence-corrected chi connectivity index (χ1v) is 3.48. The van der Waals surface area contributed by atoms with E-state index >= 15 is 0 Å². The van der Waals surface area contributed by atoms with Gasteiger partial charge in [-0.15, -0.1) is 0 Å². The number of hydrogen-bond donors (Lipinski definition) is 1. The average Bonchev–Trinajstić information content (AvgIpc) is 1.82. The molecule has 9 heavy (non-hydrogen) atoms. The van der Waals surface area contributed by atoms with Crippen LogP contribution in [0.5, 0.6) is 0 Å². The third-order valence-electron chi connectivity index (χ3n) is 1.31. The van der Waals surface area contributed by atoms with Gasteiger partial charge in [0.2, 0.25) is 0 Å². The summed E-state index contributed by atoms with van der Waals surface area (Å²) >= 11 is 0. The SMILES string of the molecule is CCCN(C=N)C(C)C. The number of hydrogen-bond acceptors (Lipinski definition) is 1. The summed E-state index contributed by atoms with van der Waals surface area (Å²) in [7, 11) is 0. The molecule has 0 radical (unpaired) electrons. The maximum Gasteiger partial charge on any atom is 0.0819 e. The first-order chi connectivity index (χ1) is 4.22. The van der Waals surface area contributed by atoms with Crippen LogP contribution in [0.1, 0.15) is 27.2 Å². The lowest BCUT2D eigenvalue weighted by Gasteiger charge is -2.21. The van der Waals surface area contributed by atoms with Gasteiger partial charge in [-0.2, -0.15) is 0 Å². The van der Waals surface area contributed by atoms with Gasteiger partial charge < -0.3 is 4.90 Å². The Kier molecular flexibility index (Phi) is 4.10. The summed E-state index contributed by atoms with van der Waals surface area (Å²) in [5.74, 6) is 0. The molecule has 1 N–H and O–H groups in total. The maximum absolute atomic E-state index is 6.99. The highest BCUT2D eigenvalue weighted by Crippen LogP contribution is 1.94. The van der Waals surface area contributed by atoms with Crippen molar-refractivity contribution in [1.82, 2.24) is 4.90 Å². The molecule has 0 amide bonds. The zero-order valence-electron chi connectivity index (χ0n) is 6.52. The molecule has 0 spiro atoms. The lowest BCUT2D eigenvalue weighted by molar-refractivity contribution is 0.358. The summed E-state index contributed by atoms with van der Waals surface area (Å²) in [6.07, 6.45) is 2.53. The molecule has 0 aliphatic carbocycles. The van der Waals surface area contributed by atoms with Gasteiger partial charge in [0.05, 0.1) is 6.34 Å². The van der Waals surface area contributed by atoms with E-state index in [0.717, 1.165) is 13.0 Å². The second-order valence-corrected chi connectivity index (χ2v) is 2.46. The van der Waals surface area contributed by atoms with E-state index in [1.807, 2.05) is 4.90 Å². The Balaban J connectivity index is 3.54. The predicted octanol–water partition coefficient (Wildman–Crippen LogP) is 1.71. The third-order valence-corrected chi connectivity index (χ3v) is 1.31. The zero-order valence-corrected chi connectivity index (χ0v) is 6.52. The van der Waals surface area contributed by atoms with E-state index in [4.69, 9.17) is 5.41 Å². The van der Waals surface area contributed by atoms with Crippen LogP contribution in [-0.4, -0.2) is 23.8 Å². The fourth-order valence-electron chi connectivity index (χ4n) is 0.730. The Bertz CT molecular complexity index is 79.0. The second-order valence-electron chi connectivity index (χ2n) is 2.46. The standard InChI is InChI=1S/C7H16N2/c1-4-5-9(6-8)7(2)3/h6-8H,4-5H2,1-3H3. The minimum Gasteiger partial charge on any atom is -0.361 e. The van der Waals surface area contributed by atoms with Crippen LogP contribution in [0.4, 0.5) is 0 Å². The van der Waals surface area contributed by atoms with Crippen molar-refractivity contribution in [2.24, 2.45) is 0 Å². The van der Waals surface area contributed by atoms with Gasteiger partial charge in [0.25, 0.3) is 0 Å². The van der Waals surface area contributed by atoms with Crippen molar-refractivity contribution in [3.05, 3.63) is 0 Å². The molecule has 0 saturated heterocycles. The van der Waals surface area contributed by atoms with Crippen LogP contribution in [-0.2, 0) is 0 Å². The number of nitrogens with one attached hydrogen (secondary N) is 1. The topological polar surface area (TPSA) is 27.1 Å². The van der Waals surface area contributed by atoms with Crippen LogP contribution >= 0.6 is 0 Å². The average molecular weight is 128 g/mol. The molecule has 0 rings (SSSR count). The van der Waals surface area contributed by atoms with E-state index in [-0.39, 0.29) is 0 Å². The lowest BCUT2D eigenvalue weighted by atomic mass is 10.3. The van der Waals surface area contributed by atoms with Crippen molar-refractivity contribution in [1.29, 1.82) is 5.41 Å². The Morgan fingerprint density at radius 1 is 1.56 bits per heavy atom. The van der Waals surface area contributed by atoms with Crippen molar-refractivity contribution in [3.63, 3.8) is 0 Å². The molecule has 0 fully saturated rings. The summed E-state index contributed by atoms with van der Waals surface area (Å²) in [5.41, 5.74) is 0. The van der Waals surface area contributed by atoms with Crippen molar-refractivity contribution in [2.75, 3.05) is 6.54 Å². The van der Waals surface area contributed by atoms with Gasteiger partial charge in [0.1, 0.15) is 0 Å². The summed E-state index contributed by atoms with van der Waals surface area (Å²) in [4.78, 5) is 2.01. The van der Waals surface area contributed by atoms with Crippen LogP contribution in [0.3, 0.4) is 0 Å². The normalized spacial score (nSPS) is 9.78. The quantitative estimate of drug-likeness (QED) is 0.453. The molecule has 0 aliphatic heterocycles. The molecule has 54 valence electrons. The molecule has 0 aromatic carbocycles. The van der Waals surface area contributed by atoms with Gasteiger partial charge in [-0.05, 0) is 20.3 Å². The summed E-state index contributed by atoms with van der Waals surface area (Å²) < 4.78 is 0. The molecule has 0 atom stereocenters. The van der Waals surface area contributed by atoms with Crippen LogP contribution in [0.2, 0.25) is 0 Å². The van der Waals surface area contributed by atoms with Gasteiger partial charge in [0, 0.05) is 12.6 Å². The Morgan fingerprint density at radius 3 is 2.22 bits per heavy atom. The van der Waals surface area contributed by atoms with Crippen molar-refractivity contribution in [3.8, 4) is 0 Å². The molecule has 2 heteroatoms. The lowest BCUT2D eigenvalue weighted by Crippen LogP contribution is -2.29. The van der Waals surface area contributed by atoms with E-state index in [1.54, 1.807) is 0 Å². The highest BCUT2D eigenvalue weighted by molar-refractivity contribution is 5.50. The van der Waals surface area contributed by atoms with Gasteiger partial charge >= 0.3 is 0 Å². The zero-order chi connectivity index (χ0) is 7.28. The highest BCUT2D eigenvalue weighted by atomic mass is 15.1. The molecule has 0 heterocycles. The van der Waals surface area contributed by atoms with Gasteiger partial charge in [-0.3, -0.25) is 5.41 Å². The monoisotopic (exact) mass is 128 g/mol. The predicted molar refractivity (Wildman–Crippen MR) is 40.9 cm³/mol. The Hall–Kier alpha value is -0.530. The van der Waals surface area contributed by atoms with Gasteiger partial charge in [0.15, 0.2) is 0 Å². The fraction of sp³-hybridized carbons (Fsp3) is 0.857. The molecule has 0 bridgehead atoms. The minimum atomic E-state index is 0.474. The Labute approximate surface area is 57.4 Å². The molecular formula is C7H16N2. The maximum atomic E-state index is 6.99. The molecule has 0 aromatic heterocycles. The van der Waals surface area contributed by atoms with E-state index < -0.39 is 0 Å². The molecular weight excluding hydrogens is 112 g/mol. The number of nitrogens with zero attached hydrogens (tertiary/aromatic N) is 1. The fourth-order valence-corrected chi connectivity index (χ4v) is 0.730. The molecule has 0 aliphatic rings. The summed E-state index contributed by atoms with van der Waals surface area (Å²) in [5, 5.41) is 6.99. The molecule has 0 aromatic rings. The Morgan fingerprint density at radius 2 is 2.11 bits per heavy atom. The van der Waals surface area contributed by atoms with E-state index in [9.17, 15) is 0 Å².